The predicted octanol–water partition coefficient (Wildman–Crippen LogP) is 4.78. The lowest BCUT2D eigenvalue weighted by Gasteiger charge is -2.34. The summed E-state index contributed by atoms with van der Waals surface area (Å²) in [5.74, 6) is 0. The van der Waals surface area contributed by atoms with E-state index in [4.69, 9.17) is 11.6 Å². The summed E-state index contributed by atoms with van der Waals surface area (Å²) in [7, 11) is 0. The van der Waals surface area contributed by atoms with Crippen LogP contribution in [0.1, 0.15) is 21.7 Å². The quantitative estimate of drug-likeness (QED) is 0.627. The van der Waals surface area contributed by atoms with Crippen molar-refractivity contribution in [3.63, 3.8) is 0 Å². The van der Waals surface area contributed by atoms with Gasteiger partial charge in [0.25, 0.3) is 0 Å². The Morgan fingerprint density at radius 3 is 1.83 bits per heavy atom. The molecule has 23 heavy (non-hydrogen) atoms. The van der Waals surface area contributed by atoms with Gasteiger partial charge in [-0.25, -0.2) is 4.98 Å². The van der Waals surface area contributed by atoms with Crippen LogP contribution in [0.15, 0.2) is 60.7 Å². The number of nitrogens with zero attached hydrogens (tertiary/aromatic N) is 1. The summed E-state index contributed by atoms with van der Waals surface area (Å²) in [6, 6.07) is 19.9. The Morgan fingerprint density at radius 2 is 1.48 bits per heavy atom. The van der Waals surface area contributed by atoms with Crippen molar-refractivity contribution in [3.8, 4) is 0 Å². The van der Waals surface area contributed by atoms with Gasteiger partial charge < -0.3 is 4.55 Å². The predicted molar refractivity (Wildman–Crippen MR) is 98.7 cm³/mol. The fourth-order valence-corrected chi connectivity index (χ4v) is 6.03. The maximum atomic E-state index is 13.1. The summed E-state index contributed by atoms with van der Waals surface area (Å²) in [6.45, 7) is 1.92. The highest BCUT2D eigenvalue weighted by molar-refractivity contribution is 7.92. The van der Waals surface area contributed by atoms with Gasteiger partial charge in [0, 0.05) is 11.1 Å². The van der Waals surface area contributed by atoms with Gasteiger partial charge in [-0.1, -0.05) is 72.3 Å². The molecule has 3 rings (SSSR count). The molecule has 118 valence electrons. The average Bonchev–Trinajstić information content (AvgIpc) is 2.89. The van der Waals surface area contributed by atoms with E-state index in [0.29, 0.717) is 4.47 Å². The van der Waals surface area contributed by atoms with Crippen molar-refractivity contribution in [1.29, 1.82) is 0 Å². The van der Waals surface area contributed by atoms with Crippen LogP contribution in [-0.2, 0) is 15.9 Å². The first-order valence-corrected chi connectivity index (χ1v) is 9.90. The average molecular weight is 362 g/mol. The first kappa shape index (κ1) is 16.5. The van der Waals surface area contributed by atoms with E-state index in [1.165, 1.54) is 11.3 Å². The summed E-state index contributed by atoms with van der Waals surface area (Å²) in [4.78, 5) is 5.29. The summed E-state index contributed by atoms with van der Waals surface area (Å²) < 4.78 is 12.8. The van der Waals surface area contributed by atoms with E-state index in [2.05, 4.69) is 4.98 Å². The molecule has 0 spiro atoms. The Hall–Kier alpha value is -1.33. The molecule has 0 aliphatic carbocycles. The molecule has 1 heterocycles. The van der Waals surface area contributed by atoms with Gasteiger partial charge >= 0.3 is 0 Å². The molecule has 3 aromatic rings. The van der Waals surface area contributed by atoms with Crippen LogP contribution >= 0.6 is 22.9 Å². The zero-order valence-electron chi connectivity index (χ0n) is 12.8. The molecule has 1 aromatic heterocycles. The second kappa shape index (κ2) is 6.65. The minimum Gasteiger partial charge on any atom is -0.615 e. The summed E-state index contributed by atoms with van der Waals surface area (Å²) >= 11 is 6.36. The van der Waals surface area contributed by atoms with Gasteiger partial charge in [0.2, 0.25) is 4.75 Å². The summed E-state index contributed by atoms with van der Waals surface area (Å²) in [5.41, 5.74) is 2.79. The molecule has 2 aromatic carbocycles. The highest BCUT2D eigenvalue weighted by Crippen LogP contribution is 2.47. The summed E-state index contributed by atoms with van der Waals surface area (Å²) in [6.07, 6.45) is 1.74. The van der Waals surface area contributed by atoms with E-state index < -0.39 is 15.9 Å². The standard InChI is InChI=1S/C18H16ClNOS2/c1-13-16(22-17(19)20-13)18(23(2)21,14-9-5-3-6-10-14)15-11-7-4-8-12-15/h3-12H,1-2H3. The molecule has 0 aliphatic heterocycles. The van der Waals surface area contributed by atoms with Crippen LogP contribution in [0.25, 0.3) is 0 Å². The molecule has 0 saturated carbocycles. The molecular formula is C18H16ClNOS2. The molecule has 2 nitrogen and oxygen atoms in total. The molecule has 1 atom stereocenters. The highest BCUT2D eigenvalue weighted by Gasteiger charge is 2.48. The number of benzene rings is 2. The van der Waals surface area contributed by atoms with Gasteiger partial charge in [-0.05, 0) is 18.1 Å². The van der Waals surface area contributed by atoms with E-state index in [-0.39, 0.29) is 0 Å². The zero-order chi connectivity index (χ0) is 16.4. The number of hydrogen-bond donors (Lipinski definition) is 0. The molecule has 0 radical (unpaired) electrons. The van der Waals surface area contributed by atoms with Crippen molar-refractivity contribution in [3.05, 3.63) is 86.8 Å². The van der Waals surface area contributed by atoms with E-state index in [9.17, 15) is 4.55 Å². The number of halogens is 1. The monoisotopic (exact) mass is 361 g/mol. The lowest BCUT2D eigenvalue weighted by Crippen LogP contribution is -2.37. The molecule has 0 N–H and O–H groups in total. The third-order valence-corrected chi connectivity index (χ3v) is 6.93. The maximum Gasteiger partial charge on any atom is 0.211 e. The Morgan fingerprint density at radius 1 is 1.00 bits per heavy atom. The topological polar surface area (TPSA) is 36.0 Å². The molecular weight excluding hydrogens is 346 g/mol. The third kappa shape index (κ3) is 2.81. The van der Waals surface area contributed by atoms with E-state index in [1.54, 1.807) is 6.26 Å². The lowest BCUT2D eigenvalue weighted by molar-refractivity contribution is 0.578. The van der Waals surface area contributed by atoms with Crippen molar-refractivity contribution in [2.45, 2.75) is 11.7 Å². The van der Waals surface area contributed by atoms with Gasteiger partial charge in [0.15, 0.2) is 4.47 Å². The van der Waals surface area contributed by atoms with Gasteiger partial charge in [0.05, 0.1) is 16.8 Å². The largest absolute Gasteiger partial charge is 0.615 e. The van der Waals surface area contributed by atoms with E-state index in [1.807, 2.05) is 67.6 Å². The molecule has 1 unspecified atom stereocenters. The normalized spacial score (nSPS) is 13.0. The second-order valence-electron chi connectivity index (χ2n) is 5.25. The Balaban J connectivity index is 2.39. The fraction of sp³-hybridized carbons (Fsp3) is 0.167. The smallest absolute Gasteiger partial charge is 0.211 e. The van der Waals surface area contributed by atoms with Gasteiger partial charge in [-0.2, -0.15) is 0 Å². The van der Waals surface area contributed by atoms with Crippen LogP contribution in [-0.4, -0.2) is 15.8 Å². The SMILES string of the molecule is Cc1nc(Cl)sc1C(c1ccccc1)(c1ccccc1)[S+](C)[O-]. The highest BCUT2D eigenvalue weighted by atomic mass is 35.5. The van der Waals surface area contributed by atoms with Crippen LogP contribution in [0.5, 0.6) is 0 Å². The Labute approximate surface area is 148 Å². The molecule has 0 aliphatic rings. The van der Waals surface area contributed by atoms with Crippen molar-refractivity contribution >= 4 is 34.1 Å². The van der Waals surface area contributed by atoms with Crippen molar-refractivity contribution in [2.24, 2.45) is 0 Å². The van der Waals surface area contributed by atoms with Gasteiger partial charge in [0.1, 0.15) is 0 Å². The van der Waals surface area contributed by atoms with Gasteiger partial charge in [-0.15, -0.1) is 11.3 Å². The fourth-order valence-electron chi connectivity index (χ4n) is 2.93. The van der Waals surface area contributed by atoms with Crippen molar-refractivity contribution < 1.29 is 4.55 Å². The number of aromatic nitrogens is 1. The van der Waals surface area contributed by atoms with Crippen LogP contribution in [0.2, 0.25) is 4.47 Å². The third-order valence-electron chi connectivity index (χ3n) is 3.88. The lowest BCUT2D eigenvalue weighted by atomic mass is 9.88. The Bertz CT molecular complexity index is 748. The number of hydrogen-bond acceptors (Lipinski definition) is 3. The number of aryl methyl sites for hydroxylation is 1. The molecule has 0 saturated heterocycles. The number of thiazole rings is 1. The molecule has 0 bridgehead atoms. The minimum atomic E-state index is -1.20. The van der Waals surface area contributed by atoms with Crippen LogP contribution < -0.4 is 0 Å². The van der Waals surface area contributed by atoms with Crippen molar-refractivity contribution in [1.82, 2.24) is 4.98 Å². The van der Waals surface area contributed by atoms with Crippen LogP contribution in [0.3, 0.4) is 0 Å². The minimum absolute atomic E-state index is 0.471. The molecule has 0 fully saturated rings. The summed E-state index contributed by atoms with van der Waals surface area (Å²) in [5, 5.41) is 0. The molecule has 0 amide bonds. The molecule has 5 heteroatoms. The maximum absolute atomic E-state index is 13.1. The zero-order valence-corrected chi connectivity index (χ0v) is 15.2. The van der Waals surface area contributed by atoms with Gasteiger partial charge in [-0.3, -0.25) is 0 Å². The van der Waals surface area contributed by atoms with Crippen LogP contribution in [0, 0.1) is 6.92 Å². The Kier molecular flexibility index (Phi) is 4.78. The van der Waals surface area contributed by atoms with Crippen molar-refractivity contribution in [2.75, 3.05) is 6.26 Å². The first-order chi connectivity index (χ1) is 11.1. The van der Waals surface area contributed by atoms with E-state index >= 15 is 0 Å². The first-order valence-electron chi connectivity index (χ1n) is 7.14. The van der Waals surface area contributed by atoms with E-state index in [0.717, 1.165) is 21.7 Å². The second-order valence-corrected chi connectivity index (χ2v) is 8.35. The number of rotatable bonds is 4. The van der Waals surface area contributed by atoms with Crippen LogP contribution in [0.4, 0.5) is 0 Å².